The molecule has 8 atom stereocenters. The van der Waals surface area contributed by atoms with Crippen LogP contribution in [-0.2, 0) is 17.1 Å². The third-order valence-corrected chi connectivity index (χ3v) is 10.0. The van der Waals surface area contributed by atoms with E-state index in [0.29, 0.717) is 5.41 Å². The van der Waals surface area contributed by atoms with Crippen LogP contribution in [-0.4, -0.2) is 11.2 Å². The first-order valence-electron chi connectivity index (χ1n) is 12.5. The number of aliphatic hydroxyl groups excluding tert-OH is 1. The second-order valence-corrected chi connectivity index (χ2v) is 12.0. The summed E-state index contributed by atoms with van der Waals surface area (Å²) in [4.78, 5) is 0. The monoisotopic (exact) mass is 448 g/mol. The van der Waals surface area contributed by atoms with Crippen LogP contribution >= 0.6 is 0 Å². The largest absolute Gasteiger partial charge is 1.00 e. The van der Waals surface area contributed by atoms with Gasteiger partial charge < -0.3 is 11.5 Å². The van der Waals surface area contributed by atoms with E-state index < -0.39 is 0 Å². The minimum Gasteiger partial charge on any atom is -0.395 e. The van der Waals surface area contributed by atoms with E-state index >= 15 is 0 Å². The molecule has 29 heavy (non-hydrogen) atoms. The Balaban J connectivity index is 0.00000240. The average molecular weight is 449 g/mol. The molecule has 0 aromatic rings. The van der Waals surface area contributed by atoms with Gasteiger partial charge in [-0.25, -0.2) is 0 Å². The summed E-state index contributed by atoms with van der Waals surface area (Å²) in [5.41, 5.74) is 2.41. The Kier molecular flexibility index (Phi) is 7.40. The van der Waals surface area contributed by atoms with E-state index in [-0.39, 0.29) is 28.6 Å². The zero-order valence-electron chi connectivity index (χ0n) is 19.5. The Bertz CT molecular complexity index is 597. The second-order valence-electron chi connectivity index (χ2n) is 12.0. The topological polar surface area (TPSA) is 20.2 Å². The minimum absolute atomic E-state index is 0. The number of hydrogen-bond acceptors (Lipinski definition) is 1. The van der Waals surface area contributed by atoms with Crippen LogP contribution in [0.1, 0.15) is 98.8 Å². The summed E-state index contributed by atoms with van der Waals surface area (Å²) < 4.78 is 0. The molecular formula is C27H45CuO. The first-order valence-corrected chi connectivity index (χ1v) is 12.5. The fraction of sp³-hybridized carbons (Fsp3) is 0.889. The van der Waals surface area contributed by atoms with E-state index in [1.165, 1.54) is 51.4 Å². The van der Waals surface area contributed by atoms with Crippen molar-refractivity contribution in [2.75, 3.05) is 0 Å². The van der Waals surface area contributed by atoms with E-state index in [9.17, 15) is 5.11 Å². The smallest absolute Gasteiger partial charge is 0.395 e. The maximum Gasteiger partial charge on any atom is 1.00 e. The van der Waals surface area contributed by atoms with Crippen molar-refractivity contribution in [3.8, 4) is 0 Å². The summed E-state index contributed by atoms with van der Waals surface area (Å²) >= 11 is 0. The number of aliphatic hydroxyl groups is 1. The molecule has 4 aliphatic carbocycles. The molecule has 0 radical (unpaired) electrons. The van der Waals surface area contributed by atoms with Crippen molar-refractivity contribution in [2.45, 2.75) is 105 Å². The van der Waals surface area contributed by atoms with Gasteiger partial charge in [-0.2, -0.15) is 6.42 Å². The molecule has 3 fully saturated rings. The van der Waals surface area contributed by atoms with Gasteiger partial charge in [0.15, 0.2) is 0 Å². The summed E-state index contributed by atoms with van der Waals surface area (Å²) in [6, 6.07) is 0. The molecule has 0 aliphatic heterocycles. The molecule has 0 saturated heterocycles. The fourth-order valence-electron chi connectivity index (χ4n) is 8.43. The molecule has 0 unspecified atom stereocenters. The number of rotatable bonds is 5. The summed E-state index contributed by atoms with van der Waals surface area (Å²) in [5, 5.41) is 10.2. The zero-order chi connectivity index (χ0) is 20.1. The summed E-state index contributed by atoms with van der Waals surface area (Å²) in [7, 11) is 0. The van der Waals surface area contributed by atoms with Gasteiger partial charge in [-0.15, -0.1) is 5.41 Å². The van der Waals surface area contributed by atoms with Gasteiger partial charge in [0.05, 0.1) is 0 Å². The van der Waals surface area contributed by atoms with Crippen LogP contribution in [0, 0.1) is 52.8 Å². The molecule has 0 bridgehead atoms. The maximum absolute atomic E-state index is 10.2. The number of fused-ring (bicyclic) bond motifs is 5. The molecule has 4 rings (SSSR count). The predicted octanol–water partition coefficient (Wildman–Crippen LogP) is 7.20. The van der Waals surface area contributed by atoms with Gasteiger partial charge in [-0.3, -0.25) is 0 Å². The number of allylic oxidation sites excluding steroid dienone is 1. The fourth-order valence-corrected chi connectivity index (χ4v) is 8.43. The van der Waals surface area contributed by atoms with Gasteiger partial charge in [0.25, 0.3) is 0 Å². The SMILES string of the molecule is CC(C)CCC[C@@H](C)[C@H]1CC[C@H]2[C@@H]3CC=C4C[C@@H](O)C[CH-][C@]4(C)[C@H]3CC[C@]12C.[Cu+]. The molecule has 0 spiro atoms. The molecule has 1 nitrogen and oxygen atoms in total. The van der Waals surface area contributed by atoms with Crippen LogP contribution in [0.5, 0.6) is 0 Å². The molecule has 0 aromatic carbocycles. The van der Waals surface area contributed by atoms with E-state index in [1.54, 1.807) is 5.57 Å². The summed E-state index contributed by atoms with van der Waals surface area (Å²) in [6.45, 7) is 12.5. The minimum atomic E-state index is -0.132. The molecule has 1 N–H and O–H groups in total. The van der Waals surface area contributed by atoms with Gasteiger partial charge in [-0.1, -0.05) is 77.9 Å². The van der Waals surface area contributed by atoms with Gasteiger partial charge >= 0.3 is 17.1 Å². The standard InChI is InChI=1S/C27H45O.Cu/c1-18(2)7-6-8-19(3)23-11-12-24-22-10-9-20-17-21(28)13-15-26(20,4)25(22)14-16-27(23,24)5;/h9,15,18-19,21-25,28H,6-8,10-14,16-17H2,1-5H3;/q-1;+1/t19-,21+,22+,23-,24+,25+,26+,27-;/m1./s1. The normalized spacial score (nSPS) is 44.9. The summed E-state index contributed by atoms with van der Waals surface area (Å²) in [5.74, 6) is 5.33. The molecule has 0 aromatic heterocycles. The molecule has 2 heteroatoms. The molecule has 0 amide bonds. The van der Waals surface area contributed by atoms with Crippen molar-refractivity contribution in [1.82, 2.24) is 0 Å². The Morgan fingerprint density at radius 1 is 1.10 bits per heavy atom. The van der Waals surface area contributed by atoms with Crippen LogP contribution in [0.4, 0.5) is 0 Å². The van der Waals surface area contributed by atoms with Gasteiger partial charge in [-0.05, 0) is 67.1 Å². The molecule has 3 saturated carbocycles. The predicted molar refractivity (Wildman–Crippen MR) is 119 cm³/mol. The maximum atomic E-state index is 10.2. The van der Waals surface area contributed by atoms with Gasteiger partial charge in [0.2, 0.25) is 0 Å². The van der Waals surface area contributed by atoms with Crippen LogP contribution in [0.15, 0.2) is 11.6 Å². The molecule has 0 heterocycles. The van der Waals surface area contributed by atoms with E-state index in [1.807, 2.05) is 0 Å². The van der Waals surface area contributed by atoms with Gasteiger partial charge in [0, 0.05) is 6.10 Å². The second kappa shape index (κ2) is 8.99. The molecule has 4 aliphatic rings. The van der Waals surface area contributed by atoms with Crippen molar-refractivity contribution < 1.29 is 22.2 Å². The van der Waals surface area contributed by atoms with E-state index in [2.05, 4.69) is 47.1 Å². The van der Waals surface area contributed by atoms with Crippen molar-refractivity contribution in [2.24, 2.45) is 46.3 Å². The summed E-state index contributed by atoms with van der Waals surface area (Å²) in [6.07, 6.45) is 18.1. The Morgan fingerprint density at radius 2 is 1.86 bits per heavy atom. The first kappa shape index (κ1) is 23.9. The Morgan fingerprint density at radius 3 is 2.59 bits per heavy atom. The first-order chi connectivity index (χ1) is 13.3. The third kappa shape index (κ3) is 4.17. The van der Waals surface area contributed by atoms with Crippen LogP contribution in [0.2, 0.25) is 0 Å². The Labute approximate surface area is 191 Å². The van der Waals surface area contributed by atoms with Crippen LogP contribution in [0.25, 0.3) is 0 Å². The Hall–Kier alpha value is 0.219. The quantitative estimate of drug-likeness (QED) is 0.267. The third-order valence-electron chi connectivity index (χ3n) is 10.0. The van der Waals surface area contributed by atoms with Crippen molar-refractivity contribution in [1.29, 1.82) is 0 Å². The van der Waals surface area contributed by atoms with Crippen molar-refractivity contribution >= 4 is 0 Å². The average Bonchev–Trinajstić information content (AvgIpc) is 2.99. The molecule has 170 valence electrons. The van der Waals surface area contributed by atoms with Crippen LogP contribution in [0.3, 0.4) is 0 Å². The van der Waals surface area contributed by atoms with Crippen molar-refractivity contribution in [3.63, 3.8) is 0 Å². The zero-order valence-corrected chi connectivity index (χ0v) is 20.5. The van der Waals surface area contributed by atoms with Gasteiger partial charge in [0.1, 0.15) is 0 Å². The number of hydrogen-bond donors (Lipinski definition) is 1. The van der Waals surface area contributed by atoms with E-state index in [0.717, 1.165) is 48.3 Å². The van der Waals surface area contributed by atoms with E-state index in [4.69, 9.17) is 0 Å². The molecular weight excluding hydrogens is 404 g/mol. The van der Waals surface area contributed by atoms with Crippen LogP contribution < -0.4 is 0 Å². The van der Waals surface area contributed by atoms with Crippen molar-refractivity contribution in [3.05, 3.63) is 18.1 Å².